The van der Waals surface area contributed by atoms with E-state index in [1.54, 1.807) is 0 Å². The SMILES string of the molecule is S=C(NCCc1ccccc1)NCC12CC3CC(CC(C3)C1)C2. The topological polar surface area (TPSA) is 24.1 Å². The summed E-state index contributed by atoms with van der Waals surface area (Å²) in [7, 11) is 0. The Labute approximate surface area is 145 Å². The molecule has 1 aromatic rings. The molecule has 124 valence electrons. The average Bonchev–Trinajstić information content (AvgIpc) is 2.53. The summed E-state index contributed by atoms with van der Waals surface area (Å²) < 4.78 is 0. The van der Waals surface area contributed by atoms with Gasteiger partial charge in [0.15, 0.2) is 5.11 Å². The molecule has 0 amide bonds. The van der Waals surface area contributed by atoms with Crippen LogP contribution in [0.4, 0.5) is 0 Å². The molecule has 4 fully saturated rings. The number of nitrogens with one attached hydrogen (secondary N) is 2. The van der Waals surface area contributed by atoms with Crippen molar-refractivity contribution in [2.24, 2.45) is 23.2 Å². The van der Waals surface area contributed by atoms with Crippen molar-refractivity contribution < 1.29 is 0 Å². The van der Waals surface area contributed by atoms with Crippen LogP contribution in [-0.2, 0) is 6.42 Å². The van der Waals surface area contributed by atoms with Crippen LogP contribution in [-0.4, -0.2) is 18.2 Å². The molecule has 4 aliphatic carbocycles. The van der Waals surface area contributed by atoms with Crippen molar-refractivity contribution in [3.63, 3.8) is 0 Å². The lowest BCUT2D eigenvalue weighted by atomic mass is 9.49. The number of hydrogen-bond acceptors (Lipinski definition) is 1. The maximum absolute atomic E-state index is 5.50. The predicted octanol–water partition coefficient (Wildman–Crippen LogP) is 3.91. The molecule has 0 saturated heterocycles. The van der Waals surface area contributed by atoms with E-state index in [4.69, 9.17) is 12.2 Å². The fraction of sp³-hybridized carbons (Fsp3) is 0.650. The molecular weight excluding hydrogens is 300 g/mol. The zero-order chi connectivity index (χ0) is 15.7. The zero-order valence-electron chi connectivity index (χ0n) is 13.9. The monoisotopic (exact) mass is 328 g/mol. The van der Waals surface area contributed by atoms with Crippen molar-refractivity contribution >= 4 is 17.3 Å². The second kappa shape index (κ2) is 6.43. The Morgan fingerprint density at radius 1 is 0.957 bits per heavy atom. The Morgan fingerprint density at radius 2 is 1.57 bits per heavy atom. The normalized spacial score (nSPS) is 34.3. The van der Waals surface area contributed by atoms with E-state index >= 15 is 0 Å². The first-order valence-corrected chi connectivity index (χ1v) is 9.67. The number of benzene rings is 1. The molecule has 0 aliphatic heterocycles. The maximum atomic E-state index is 5.50. The van der Waals surface area contributed by atoms with Gasteiger partial charge in [0, 0.05) is 13.1 Å². The van der Waals surface area contributed by atoms with Gasteiger partial charge in [0.05, 0.1) is 0 Å². The van der Waals surface area contributed by atoms with Gasteiger partial charge < -0.3 is 10.6 Å². The molecule has 4 saturated carbocycles. The second-order valence-corrected chi connectivity index (χ2v) is 8.67. The Hall–Kier alpha value is -1.09. The van der Waals surface area contributed by atoms with E-state index in [2.05, 4.69) is 41.0 Å². The Kier molecular flexibility index (Phi) is 4.31. The molecule has 5 rings (SSSR count). The molecular formula is C20H28N2S. The van der Waals surface area contributed by atoms with Gasteiger partial charge >= 0.3 is 0 Å². The third kappa shape index (κ3) is 3.55. The van der Waals surface area contributed by atoms with Crippen molar-refractivity contribution in [1.82, 2.24) is 10.6 Å². The zero-order valence-corrected chi connectivity index (χ0v) is 14.7. The summed E-state index contributed by atoms with van der Waals surface area (Å²) in [4.78, 5) is 0. The molecule has 0 unspecified atom stereocenters. The predicted molar refractivity (Wildman–Crippen MR) is 99.4 cm³/mol. The maximum Gasteiger partial charge on any atom is 0.166 e. The summed E-state index contributed by atoms with van der Waals surface area (Å²) in [6.07, 6.45) is 9.90. The average molecular weight is 329 g/mol. The van der Waals surface area contributed by atoms with Gasteiger partial charge in [-0.2, -0.15) is 0 Å². The first-order valence-electron chi connectivity index (χ1n) is 9.26. The largest absolute Gasteiger partial charge is 0.362 e. The van der Waals surface area contributed by atoms with Crippen LogP contribution in [0.3, 0.4) is 0 Å². The fourth-order valence-corrected chi connectivity index (χ4v) is 5.98. The lowest BCUT2D eigenvalue weighted by molar-refractivity contribution is -0.0491. The minimum Gasteiger partial charge on any atom is -0.362 e. The standard InChI is InChI=1S/C20H28N2S/c23-19(21-7-6-15-4-2-1-3-5-15)22-14-20-11-16-8-17(12-20)10-18(9-16)13-20/h1-5,16-18H,6-14H2,(H2,21,22,23). The summed E-state index contributed by atoms with van der Waals surface area (Å²) in [6, 6.07) is 10.6. The molecule has 0 heterocycles. The van der Waals surface area contributed by atoms with Gasteiger partial charge in [0.2, 0.25) is 0 Å². The molecule has 0 aromatic heterocycles. The van der Waals surface area contributed by atoms with Crippen LogP contribution in [0.5, 0.6) is 0 Å². The van der Waals surface area contributed by atoms with E-state index < -0.39 is 0 Å². The smallest absolute Gasteiger partial charge is 0.166 e. The quantitative estimate of drug-likeness (QED) is 0.802. The van der Waals surface area contributed by atoms with E-state index in [-0.39, 0.29) is 0 Å². The number of thiocarbonyl (C=S) groups is 1. The van der Waals surface area contributed by atoms with Gasteiger partial charge in [-0.05, 0) is 85.9 Å². The molecule has 4 aliphatic rings. The van der Waals surface area contributed by atoms with Crippen LogP contribution in [0.2, 0.25) is 0 Å². The molecule has 2 N–H and O–H groups in total. The van der Waals surface area contributed by atoms with Gasteiger partial charge in [0.1, 0.15) is 0 Å². The highest BCUT2D eigenvalue weighted by atomic mass is 32.1. The molecule has 0 radical (unpaired) electrons. The third-order valence-electron chi connectivity index (χ3n) is 6.33. The van der Waals surface area contributed by atoms with Crippen LogP contribution in [0.15, 0.2) is 30.3 Å². The minimum absolute atomic E-state index is 0.555. The van der Waals surface area contributed by atoms with Crippen LogP contribution in [0, 0.1) is 23.2 Å². The Balaban J connectivity index is 1.22. The van der Waals surface area contributed by atoms with E-state index in [0.717, 1.165) is 42.4 Å². The summed E-state index contributed by atoms with van der Waals surface area (Å²) in [6.45, 7) is 2.00. The lowest BCUT2D eigenvalue weighted by Crippen LogP contribution is -2.52. The fourth-order valence-electron chi connectivity index (χ4n) is 5.80. The van der Waals surface area contributed by atoms with E-state index in [0.29, 0.717) is 5.41 Å². The molecule has 4 bridgehead atoms. The molecule has 23 heavy (non-hydrogen) atoms. The van der Waals surface area contributed by atoms with Crippen LogP contribution < -0.4 is 10.6 Å². The van der Waals surface area contributed by atoms with Gasteiger partial charge in [-0.3, -0.25) is 0 Å². The van der Waals surface area contributed by atoms with Crippen LogP contribution >= 0.6 is 12.2 Å². The van der Waals surface area contributed by atoms with Crippen molar-refractivity contribution in [1.29, 1.82) is 0 Å². The van der Waals surface area contributed by atoms with Crippen molar-refractivity contribution in [2.75, 3.05) is 13.1 Å². The van der Waals surface area contributed by atoms with Crippen LogP contribution in [0.1, 0.15) is 44.1 Å². The van der Waals surface area contributed by atoms with E-state index in [9.17, 15) is 0 Å². The highest BCUT2D eigenvalue weighted by Gasteiger charge is 2.50. The van der Waals surface area contributed by atoms with Gasteiger partial charge in [-0.15, -0.1) is 0 Å². The number of hydrogen-bond donors (Lipinski definition) is 2. The number of rotatable bonds is 5. The Morgan fingerprint density at radius 3 is 2.17 bits per heavy atom. The molecule has 2 nitrogen and oxygen atoms in total. The van der Waals surface area contributed by atoms with Gasteiger partial charge in [-0.1, -0.05) is 30.3 Å². The summed E-state index contributed by atoms with van der Waals surface area (Å²) in [5.41, 5.74) is 1.92. The summed E-state index contributed by atoms with van der Waals surface area (Å²) in [5, 5.41) is 7.77. The summed E-state index contributed by atoms with van der Waals surface area (Å²) >= 11 is 5.50. The minimum atomic E-state index is 0.555. The Bertz CT molecular complexity index is 519. The van der Waals surface area contributed by atoms with Gasteiger partial charge in [0.25, 0.3) is 0 Å². The molecule has 1 aromatic carbocycles. The van der Waals surface area contributed by atoms with E-state index in [1.165, 1.54) is 44.1 Å². The third-order valence-corrected chi connectivity index (χ3v) is 6.62. The lowest BCUT2D eigenvalue weighted by Gasteiger charge is -2.57. The van der Waals surface area contributed by atoms with Gasteiger partial charge in [-0.25, -0.2) is 0 Å². The van der Waals surface area contributed by atoms with Crippen molar-refractivity contribution in [3.8, 4) is 0 Å². The molecule has 0 spiro atoms. The highest BCUT2D eigenvalue weighted by molar-refractivity contribution is 7.80. The first-order chi connectivity index (χ1) is 11.2. The second-order valence-electron chi connectivity index (χ2n) is 8.26. The van der Waals surface area contributed by atoms with Crippen LogP contribution in [0.25, 0.3) is 0 Å². The molecule has 3 heteroatoms. The van der Waals surface area contributed by atoms with Crippen molar-refractivity contribution in [3.05, 3.63) is 35.9 Å². The van der Waals surface area contributed by atoms with E-state index in [1.807, 2.05) is 0 Å². The van der Waals surface area contributed by atoms with Crippen molar-refractivity contribution in [2.45, 2.75) is 44.9 Å². The first kappa shape index (κ1) is 15.4. The highest BCUT2D eigenvalue weighted by Crippen LogP contribution is 2.59. The summed E-state index contributed by atoms with van der Waals surface area (Å²) in [5.74, 6) is 3.05. The molecule has 0 atom stereocenters.